The second-order valence-corrected chi connectivity index (χ2v) is 4.59. The fraction of sp³-hybridized carbons (Fsp3) is 0.500. The third-order valence-corrected chi connectivity index (χ3v) is 3.19. The van der Waals surface area contributed by atoms with Crippen molar-refractivity contribution in [3.05, 3.63) is 24.3 Å². The molecule has 0 bridgehead atoms. The zero-order valence-electron chi connectivity index (χ0n) is 10.1. The van der Waals surface area contributed by atoms with Gasteiger partial charge in [0.2, 0.25) is 5.89 Å². The molecule has 0 unspecified atom stereocenters. The summed E-state index contributed by atoms with van der Waals surface area (Å²) in [6.45, 7) is 2.65. The zero-order chi connectivity index (χ0) is 12.4. The van der Waals surface area contributed by atoms with Gasteiger partial charge in [0.15, 0.2) is 5.76 Å². The number of rotatable bonds is 3. The van der Waals surface area contributed by atoms with Crippen LogP contribution in [0.3, 0.4) is 0 Å². The Morgan fingerprint density at radius 1 is 1.33 bits per heavy atom. The van der Waals surface area contributed by atoms with Crippen LogP contribution in [-0.4, -0.2) is 34.2 Å². The molecule has 6 heteroatoms. The molecule has 1 aliphatic heterocycles. The third-order valence-electron chi connectivity index (χ3n) is 3.19. The van der Waals surface area contributed by atoms with Crippen molar-refractivity contribution in [2.45, 2.75) is 25.4 Å². The molecule has 6 nitrogen and oxygen atoms in total. The predicted octanol–water partition coefficient (Wildman–Crippen LogP) is 1.25. The van der Waals surface area contributed by atoms with E-state index in [-0.39, 0.29) is 0 Å². The molecule has 2 aromatic heterocycles. The summed E-state index contributed by atoms with van der Waals surface area (Å²) in [5.41, 5.74) is 5.87. The van der Waals surface area contributed by atoms with Crippen LogP contribution >= 0.6 is 0 Å². The van der Waals surface area contributed by atoms with E-state index in [1.807, 2.05) is 0 Å². The Hall–Kier alpha value is -1.66. The van der Waals surface area contributed by atoms with Crippen molar-refractivity contribution in [2.75, 3.05) is 13.1 Å². The van der Waals surface area contributed by atoms with Gasteiger partial charge in [0, 0.05) is 19.1 Å². The Kier molecular flexibility index (Phi) is 3.12. The monoisotopic (exact) mass is 248 g/mol. The number of nitrogens with zero attached hydrogens (tertiary/aromatic N) is 3. The van der Waals surface area contributed by atoms with Crippen LogP contribution in [0.25, 0.3) is 11.7 Å². The average Bonchev–Trinajstić information content (AvgIpc) is 3.02. The van der Waals surface area contributed by atoms with E-state index in [2.05, 4.69) is 15.1 Å². The fourth-order valence-corrected chi connectivity index (χ4v) is 2.12. The molecule has 0 amide bonds. The highest BCUT2D eigenvalue weighted by Crippen LogP contribution is 2.19. The predicted molar refractivity (Wildman–Crippen MR) is 64.5 cm³/mol. The van der Waals surface area contributed by atoms with Gasteiger partial charge in [-0.05, 0) is 25.0 Å². The second kappa shape index (κ2) is 4.91. The molecule has 2 aromatic rings. The van der Waals surface area contributed by atoms with Crippen LogP contribution in [0, 0.1) is 0 Å². The van der Waals surface area contributed by atoms with E-state index in [9.17, 15) is 0 Å². The molecule has 3 heterocycles. The number of furan rings is 1. The van der Waals surface area contributed by atoms with Gasteiger partial charge in [0.05, 0.1) is 12.8 Å². The van der Waals surface area contributed by atoms with Gasteiger partial charge in [-0.3, -0.25) is 4.90 Å². The van der Waals surface area contributed by atoms with Gasteiger partial charge >= 0.3 is 0 Å². The molecule has 0 radical (unpaired) electrons. The molecule has 1 fully saturated rings. The number of likely N-dealkylation sites (tertiary alicyclic amines) is 1. The first-order valence-corrected chi connectivity index (χ1v) is 6.15. The van der Waals surface area contributed by atoms with Gasteiger partial charge in [0.1, 0.15) is 0 Å². The fourth-order valence-electron chi connectivity index (χ4n) is 2.12. The molecule has 0 aliphatic carbocycles. The van der Waals surface area contributed by atoms with Crippen molar-refractivity contribution in [1.82, 2.24) is 15.1 Å². The lowest BCUT2D eigenvalue weighted by atomic mass is 10.1. The normalized spacial score (nSPS) is 18.3. The minimum absolute atomic E-state index is 0.336. The maximum atomic E-state index is 5.87. The van der Waals surface area contributed by atoms with Crippen LogP contribution < -0.4 is 5.73 Å². The largest absolute Gasteiger partial charge is 0.459 e. The van der Waals surface area contributed by atoms with E-state index in [1.54, 1.807) is 18.4 Å². The molecular weight excluding hydrogens is 232 g/mol. The molecule has 1 saturated heterocycles. The zero-order valence-corrected chi connectivity index (χ0v) is 10.1. The van der Waals surface area contributed by atoms with Crippen molar-refractivity contribution >= 4 is 0 Å². The summed E-state index contributed by atoms with van der Waals surface area (Å²) in [7, 11) is 0. The number of hydrogen-bond acceptors (Lipinski definition) is 6. The summed E-state index contributed by atoms with van der Waals surface area (Å²) in [6.07, 6.45) is 3.64. The molecule has 96 valence electrons. The van der Waals surface area contributed by atoms with Gasteiger partial charge in [-0.2, -0.15) is 0 Å². The average molecular weight is 248 g/mol. The SMILES string of the molecule is NC1CCN(Cc2nnc(-c3ccco3)o2)CC1. The van der Waals surface area contributed by atoms with Gasteiger partial charge < -0.3 is 14.6 Å². The number of hydrogen-bond donors (Lipinski definition) is 1. The summed E-state index contributed by atoms with van der Waals surface area (Å²) in [6, 6.07) is 3.94. The lowest BCUT2D eigenvalue weighted by Gasteiger charge is -2.28. The highest BCUT2D eigenvalue weighted by Gasteiger charge is 2.19. The topological polar surface area (TPSA) is 81.3 Å². The first-order chi connectivity index (χ1) is 8.81. The van der Waals surface area contributed by atoms with Crippen LogP contribution in [0.2, 0.25) is 0 Å². The minimum Gasteiger partial charge on any atom is -0.459 e. The van der Waals surface area contributed by atoms with Gasteiger partial charge in [-0.15, -0.1) is 10.2 Å². The van der Waals surface area contributed by atoms with Crippen molar-refractivity contribution in [2.24, 2.45) is 5.73 Å². The van der Waals surface area contributed by atoms with Crippen LogP contribution in [0.15, 0.2) is 27.2 Å². The lowest BCUT2D eigenvalue weighted by molar-refractivity contribution is 0.189. The molecule has 0 spiro atoms. The Morgan fingerprint density at radius 3 is 2.89 bits per heavy atom. The Morgan fingerprint density at radius 2 is 2.17 bits per heavy atom. The Labute approximate surface area is 105 Å². The van der Waals surface area contributed by atoms with Crippen molar-refractivity contribution < 1.29 is 8.83 Å². The standard InChI is InChI=1S/C12H16N4O2/c13-9-3-5-16(6-4-9)8-11-14-15-12(18-11)10-2-1-7-17-10/h1-2,7,9H,3-6,8,13H2. The van der Waals surface area contributed by atoms with Gasteiger partial charge in [-0.1, -0.05) is 0 Å². The number of aromatic nitrogens is 2. The third kappa shape index (κ3) is 2.44. The van der Waals surface area contributed by atoms with E-state index < -0.39 is 0 Å². The maximum Gasteiger partial charge on any atom is 0.283 e. The Bertz CT molecular complexity index is 486. The minimum atomic E-state index is 0.336. The Balaban J connectivity index is 1.64. The summed E-state index contributed by atoms with van der Waals surface area (Å²) >= 11 is 0. The van der Waals surface area contributed by atoms with Crippen molar-refractivity contribution in [3.63, 3.8) is 0 Å². The van der Waals surface area contributed by atoms with Crippen molar-refractivity contribution in [3.8, 4) is 11.7 Å². The van der Waals surface area contributed by atoms with E-state index in [1.165, 1.54) is 0 Å². The highest BCUT2D eigenvalue weighted by molar-refractivity contribution is 5.42. The van der Waals surface area contributed by atoms with Crippen LogP contribution in [0.4, 0.5) is 0 Å². The van der Waals surface area contributed by atoms with Crippen LogP contribution in [-0.2, 0) is 6.54 Å². The van der Waals surface area contributed by atoms with Crippen LogP contribution in [0.5, 0.6) is 0 Å². The first-order valence-electron chi connectivity index (χ1n) is 6.15. The van der Waals surface area contributed by atoms with E-state index in [4.69, 9.17) is 14.6 Å². The number of piperidine rings is 1. The molecule has 3 rings (SSSR count). The van der Waals surface area contributed by atoms with Gasteiger partial charge in [-0.25, -0.2) is 0 Å². The lowest BCUT2D eigenvalue weighted by Crippen LogP contribution is -2.39. The van der Waals surface area contributed by atoms with E-state index >= 15 is 0 Å². The molecule has 0 saturated carbocycles. The molecular formula is C12H16N4O2. The first kappa shape index (κ1) is 11.4. The second-order valence-electron chi connectivity index (χ2n) is 4.59. The number of nitrogens with two attached hydrogens (primary N) is 1. The summed E-state index contributed by atoms with van der Waals surface area (Å²) < 4.78 is 10.8. The van der Waals surface area contributed by atoms with Gasteiger partial charge in [0.25, 0.3) is 5.89 Å². The van der Waals surface area contributed by atoms with Crippen LogP contribution in [0.1, 0.15) is 18.7 Å². The molecule has 2 N–H and O–H groups in total. The maximum absolute atomic E-state index is 5.87. The summed E-state index contributed by atoms with van der Waals surface area (Å²) in [5, 5.41) is 8.01. The molecule has 1 aliphatic rings. The summed E-state index contributed by atoms with van der Waals surface area (Å²) in [4.78, 5) is 2.28. The molecule has 0 aromatic carbocycles. The van der Waals surface area contributed by atoms with E-state index in [0.29, 0.717) is 30.1 Å². The summed E-state index contributed by atoms with van der Waals surface area (Å²) in [5.74, 6) is 1.66. The molecule has 0 atom stereocenters. The van der Waals surface area contributed by atoms with E-state index in [0.717, 1.165) is 25.9 Å². The van der Waals surface area contributed by atoms with Crippen molar-refractivity contribution in [1.29, 1.82) is 0 Å². The highest BCUT2D eigenvalue weighted by atomic mass is 16.4. The molecule has 18 heavy (non-hydrogen) atoms. The smallest absolute Gasteiger partial charge is 0.283 e. The quantitative estimate of drug-likeness (QED) is 0.880.